The second kappa shape index (κ2) is 10.2. The van der Waals surface area contributed by atoms with Crippen molar-refractivity contribution in [1.82, 2.24) is 4.90 Å². The highest BCUT2D eigenvalue weighted by Gasteiger charge is 2.09. The molecule has 1 aromatic carbocycles. The molecule has 0 saturated heterocycles. The molecule has 0 amide bonds. The molecule has 0 radical (unpaired) electrons. The van der Waals surface area contributed by atoms with E-state index >= 15 is 0 Å². The Balaban J connectivity index is 2.26. The van der Waals surface area contributed by atoms with Crippen molar-refractivity contribution in [2.24, 2.45) is 5.92 Å². The van der Waals surface area contributed by atoms with Gasteiger partial charge in [0.1, 0.15) is 5.75 Å². The fourth-order valence-electron chi connectivity index (χ4n) is 2.39. The molecule has 0 atom stereocenters. The molecule has 0 aliphatic carbocycles. The van der Waals surface area contributed by atoms with Crippen LogP contribution in [0.5, 0.6) is 5.75 Å². The Morgan fingerprint density at radius 1 is 1.14 bits per heavy atom. The molecule has 0 bridgehead atoms. The van der Waals surface area contributed by atoms with Crippen LogP contribution in [0.25, 0.3) is 0 Å². The van der Waals surface area contributed by atoms with Crippen molar-refractivity contribution in [3.8, 4) is 11.8 Å². The van der Waals surface area contributed by atoms with Crippen LogP contribution in [0.1, 0.15) is 45.6 Å². The number of hydrogen-bond donors (Lipinski definition) is 0. The Labute approximate surface area is 129 Å². The number of ether oxygens (including phenoxy) is 1. The van der Waals surface area contributed by atoms with E-state index in [2.05, 4.69) is 31.7 Å². The normalized spacial score (nSPS) is 10.9. The van der Waals surface area contributed by atoms with E-state index in [0.717, 1.165) is 37.8 Å². The van der Waals surface area contributed by atoms with Crippen molar-refractivity contribution in [1.29, 1.82) is 5.26 Å². The minimum atomic E-state index is 0.671. The first-order valence-corrected chi connectivity index (χ1v) is 8.08. The predicted octanol–water partition coefficient (Wildman–Crippen LogP) is 4.09. The van der Waals surface area contributed by atoms with Gasteiger partial charge in [-0.25, -0.2) is 0 Å². The summed E-state index contributed by atoms with van der Waals surface area (Å²) in [5, 5.41) is 8.75. The van der Waals surface area contributed by atoms with E-state index in [-0.39, 0.29) is 0 Å². The molecule has 0 unspecified atom stereocenters. The molecule has 21 heavy (non-hydrogen) atoms. The molecule has 0 aliphatic heterocycles. The molecule has 1 aromatic rings. The minimum Gasteiger partial charge on any atom is -0.494 e. The summed E-state index contributed by atoms with van der Waals surface area (Å²) in [5.74, 6) is 1.65. The van der Waals surface area contributed by atoms with Gasteiger partial charge in [0.15, 0.2) is 0 Å². The fourth-order valence-corrected chi connectivity index (χ4v) is 2.39. The summed E-state index contributed by atoms with van der Waals surface area (Å²) < 4.78 is 5.72. The lowest BCUT2D eigenvalue weighted by molar-refractivity contribution is 0.209. The van der Waals surface area contributed by atoms with Crippen molar-refractivity contribution in [2.75, 3.05) is 26.2 Å². The summed E-state index contributed by atoms with van der Waals surface area (Å²) in [7, 11) is 0. The van der Waals surface area contributed by atoms with E-state index in [4.69, 9.17) is 10.00 Å². The van der Waals surface area contributed by atoms with Crippen LogP contribution in [0.15, 0.2) is 24.3 Å². The zero-order chi connectivity index (χ0) is 15.5. The highest BCUT2D eigenvalue weighted by molar-refractivity contribution is 5.34. The molecule has 0 heterocycles. The van der Waals surface area contributed by atoms with Crippen molar-refractivity contribution in [2.45, 2.75) is 40.0 Å². The zero-order valence-electron chi connectivity index (χ0n) is 13.6. The summed E-state index contributed by atoms with van der Waals surface area (Å²) in [6, 6.07) is 9.42. The van der Waals surface area contributed by atoms with Crippen LogP contribution in [0.3, 0.4) is 0 Å². The smallest absolute Gasteiger partial charge is 0.119 e. The van der Waals surface area contributed by atoms with Crippen molar-refractivity contribution >= 4 is 0 Å². The van der Waals surface area contributed by atoms with Gasteiger partial charge < -0.3 is 9.64 Å². The van der Waals surface area contributed by atoms with E-state index < -0.39 is 0 Å². The van der Waals surface area contributed by atoms with Crippen LogP contribution in [0.2, 0.25) is 0 Å². The second-order valence-corrected chi connectivity index (χ2v) is 5.41. The monoisotopic (exact) mass is 288 g/mol. The van der Waals surface area contributed by atoms with Gasteiger partial charge >= 0.3 is 0 Å². The number of nitrogens with zero attached hydrogens (tertiary/aromatic N) is 2. The van der Waals surface area contributed by atoms with E-state index in [1.165, 1.54) is 19.4 Å². The molecule has 0 spiro atoms. The summed E-state index contributed by atoms with van der Waals surface area (Å²) in [4.78, 5) is 2.51. The van der Waals surface area contributed by atoms with Crippen molar-refractivity contribution in [3.63, 3.8) is 0 Å². The zero-order valence-corrected chi connectivity index (χ0v) is 13.6. The molecule has 0 aromatic heterocycles. The SMILES string of the molecule is CCC(CC)CN(CC)CCCOc1ccc(C#N)cc1. The van der Waals surface area contributed by atoms with Gasteiger partial charge in [0.25, 0.3) is 0 Å². The Bertz CT molecular complexity index is 418. The first-order chi connectivity index (χ1) is 10.2. The average molecular weight is 288 g/mol. The number of hydrogen-bond acceptors (Lipinski definition) is 3. The number of rotatable bonds is 10. The number of nitriles is 1. The summed E-state index contributed by atoms with van der Waals surface area (Å²) >= 11 is 0. The van der Waals surface area contributed by atoms with E-state index in [0.29, 0.717) is 5.56 Å². The highest BCUT2D eigenvalue weighted by Crippen LogP contribution is 2.13. The van der Waals surface area contributed by atoms with Gasteiger partial charge in [0, 0.05) is 13.1 Å². The molecule has 0 saturated carbocycles. The molecular formula is C18H28N2O. The van der Waals surface area contributed by atoms with Gasteiger partial charge in [-0.3, -0.25) is 0 Å². The molecular weight excluding hydrogens is 260 g/mol. The molecule has 116 valence electrons. The maximum atomic E-state index is 8.75. The molecule has 0 N–H and O–H groups in total. The first-order valence-electron chi connectivity index (χ1n) is 8.08. The van der Waals surface area contributed by atoms with Gasteiger partial charge in [-0.05, 0) is 43.1 Å². The van der Waals surface area contributed by atoms with Gasteiger partial charge in [-0.15, -0.1) is 0 Å². The van der Waals surface area contributed by atoms with Gasteiger partial charge in [-0.2, -0.15) is 5.26 Å². The molecule has 3 nitrogen and oxygen atoms in total. The van der Waals surface area contributed by atoms with Gasteiger partial charge in [0.2, 0.25) is 0 Å². The Kier molecular flexibility index (Phi) is 8.54. The van der Waals surface area contributed by atoms with Crippen molar-refractivity contribution < 1.29 is 4.74 Å². The predicted molar refractivity (Wildman–Crippen MR) is 87.5 cm³/mol. The summed E-state index contributed by atoms with van der Waals surface area (Å²) in [6.07, 6.45) is 3.55. The first kappa shape index (κ1) is 17.5. The molecule has 1 rings (SSSR count). The third-order valence-corrected chi connectivity index (χ3v) is 3.99. The fraction of sp³-hybridized carbons (Fsp3) is 0.611. The van der Waals surface area contributed by atoms with E-state index in [9.17, 15) is 0 Å². The third kappa shape index (κ3) is 6.64. The largest absolute Gasteiger partial charge is 0.494 e. The molecule has 3 heteroatoms. The Morgan fingerprint density at radius 2 is 1.81 bits per heavy atom. The Morgan fingerprint density at radius 3 is 2.33 bits per heavy atom. The average Bonchev–Trinajstić information content (AvgIpc) is 2.55. The van der Waals surface area contributed by atoms with Crippen LogP contribution in [0, 0.1) is 17.2 Å². The van der Waals surface area contributed by atoms with Gasteiger partial charge in [0.05, 0.1) is 18.2 Å². The van der Waals surface area contributed by atoms with E-state index in [1.807, 2.05) is 12.1 Å². The van der Waals surface area contributed by atoms with Crippen LogP contribution >= 0.6 is 0 Å². The standard InChI is InChI=1S/C18H28N2O/c1-4-16(5-2)15-20(6-3)12-7-13-21-18-10-8-17(14-19)9-11-18/h8-11,16H,4-7,12-13,15H2,1-3H3. The van der Waals surface area contributed by atoms with Crippen LogP contribution in [-0.4, -0.2) is 31.1 Å². The Hall–Kier alpha value is -1.53. The molecule has 0 fully saturated rings. The van der Waals surface area contributed by atoms with E-state index in [1.54, 1.807) is 12.1 Å². The lowest BCUT2D eigenvalue weighted by atomic mass is 10.0. The summed E-state index contributed by atoms with van der Waals surface area (Å²) in [5.41, 5.74) is 0.671. The van der Waals surface area contributed by atoms with Gasteiger partial charge in [-0.1, -0.05) is 33.6 Å². The highest BCUT2D eigenvalue weighted by atomic mass is 16.5. The van der Waals surface area contributed by atoms with Crippen LogP contribution in [-0.2, 0) is 0 Å². The van der Waals surface area contributed by atoms with Crippen molar-refractivity contribution in [3.05, 3.63) is 29.8 Å². The van der Waals surface area contributed by atoms with Crippen LogP contribution in [0.4, 0.5) is 0 Å². The quantitative estimate of drug-likeness (QED) is 0.608. The van der Waals surface area contributed by atoms with Crippen LogP contribution < -0.4 is 4.74 Å². The lowest BCUT2D eigenvalue weighted by Crippen LogP contribution is -2.30. The minimum absolute atomic E-state index is 0.671. The third-order valence-electron chi connectivity index (χ3n) is 3.99. The number of benzene rings is 1. The maximum absolute atomic E-state index is 8.75. The molecule has 0 aliphatic rings. The second-order valence-electron chi connectivity index (χ2n) is 5.41. The maximum Gasteiger partial charge on any atom is 0.119 e. The topological polar surface area (TPSA) is 36.3 Å². The summed E-state index contributed by atoms with van der Waals surface area (Å²) in [6.45, 7) is 10.9. The lowest BCUT2D eigenvalue weighted by Gasteiger charge is -2.25.